The van der Waals surface area contributed by atoms with E-state index >= 15 is 0 Å². The van der Waals surface area contributed by atoms with Crippen LogP contribution in [0.2, 0.25) is 0 Å². The number of hydrogen-bond donors (Lipinski definition) is 1. The number of carbonyl (C=O) groups excluding carboxylic acids is 2. The van der Waals surface area contributed by atoms with Crippen molar-refractivity contribution in [2.24, 2.45) is 0 Å². The van der Waals surface area contributed by atoms with Gasteiger partial charge in [-0.1, -0.05) is 23.8 Å². The first kappa shape index (κ1) is 18.5. The van der Waals surface area contributed by atoms with Crippen LogP contribution in [0.1, 0.15) is 36.0 Å². The Labute approximate surface area is 144 Å². The van der Waals surface area contributed by atoms with Crippen molar-refractivity contribution >= 4 is 11.9 Å². The van der Waals surface area contributed by atoms with E-state index < -0.39 is 5.54 Å². The SMILES string of the molecule is COC(=O)CC1(NC(=O)Cc2cc(C)ccc2C)CCN(C)CC1. The van der Waals surface area contributed by atoms with Crippen LogP contribution in [-0.4, -0.2) is 49.6 Å². The highest BCUT2D eigenvalue weighted by Gasteiger charge is 2.37. The van der Waals surface area contributed by atoms with Crippen LogP contribution in [-0.2, 0) is 20.7 Å². The van der Waals surface area contributed by atoms with Gasteiger partial charge in [0.2, 0.25) is 5.91 Å². The van der Waals surface area contributed by atoms with Crippen molar-refractivity contribution in [3.05, 3.63) is 34.9 Å². The summed E-state index contributed by atoms with van der Waals surface area (Å²) in [4.78, 5) is 26.7. The topological polar surface area (TPSA) is 58.6 Å². The van der Waals surface area contributed by atoms with Gasteiger partial charge in [-0.25, -0.2) is 0 Å². The standard InChI is InChI=1S/C19H28N2O3/c1-14-5-6-15(2)16(11-14)12-17(22)20-19(13-18(23)24-4)7-9-21(3)10-8-19/h5-6,11H,7-10,12-13H2,1-4H3,(H,20,22). The minimum atomic E-state index is -0.492. The first-order chi connectivity index (χ1) is 11.3. The van der Waals surface area contributed by atoms with Gasteiger partial charge in [0.15, 0.2) is 0 Å². The van der Waals surface area contributed by atoms with Crippen LogP contribution < -0.4 is 5.32 Å². The van der Waals surface area contributed by atoms with Crippen LogP contribution in [0.3, 0.4) is 0 Å². The van der Waals surface area contributed by atoms with Crippen molar-refractivity contribution in [1.29, 1.82) is 0 Å². The Balaban J connectivity index is 2.09. The third-order valence-corrected chi connectivity index (χ3v) is 4.91. The minimum Gasteiger partial charge on any atom is -0.469 e. The zero-order valence-electron chi connectivity index (χ0n) is 15.1. The molecule has 0 saturated carbocycles. The predicted octanol–water partition coefficient (Wildman–Crippen LogP) is 1.99. The first-order valence-corrected chi connectivity index (χ1v) is 8.46. The minimum absolute atomic E-state index is 0.0304. The molecule has 5 heteroatoms. The van der Waals surface area contributed by atoms with Gasteiger partial charge >= 0.3 is 5.97 Å². The largest absolute Gasteiger partial charge is 0.469 e. The Hall–Kier alpha value is -1.88. The summed E-state index contributed by atoms with van der Waals surface area (Å²) in [6.45, 7) is 5.76. The molecule has 0 aliphatic carbocycles. The van der Waals surface area contributed by atoms with E-state index in [0.717, 1.165) is 42.6 Å². The highest BCUT2D eigenvalue weighted by atomic mass is 16.5. The smallest absolute Gasteiger partial charge is 0.307 e. The summed E-state index contributed by atoms with van der Waals surface area (Å²) in [6.07, 6.45) is 2.09. The molecule has 5 nitrogen and oxygen atoms in total. The number of nitrogens with zero attached hydrogens (tertiary/aromatic N) is 1. The molecule has 1 heterocycles. The fourth-order valence-corrected chi connectivity index (χ4v) is 3.24. The second-order valence-electron chi connectivity index (χ2n) is 6.99. The molecule has 1 fully saturated rings. The number of rotatable bonds is 5. The van der Waals surface area contributed by atoms with Gasteiger partial charge in [0, 0.05) is 13.1 Å². The number of likely N-dealkylation sites (tertiary alicyclic amines) is 1. The van der Waals surface area contributed by atoms with Crippen LogP contribution in [0.15, 0.2) is 18.2 Å². The quantitative estimate of drug-likeness (QED) is 0.838. The molecular formula is C19H28N2O3. The number of piperidine rings is 1. The maximum Gasteiger partial charge on any atom is 0.307 e. The number of benzene rings is 1. The van der Waals surface area contributed by atoms with Crippen molar-refractivity contribution in [3.63, 3.8) is 0 Å². The van der Waals surface area contributed by atoms with Crippen LogP contribution >= 0.6 is 0 Å². The van der Waals surface area contributed by atoms with Gasteiger partial charge in [0.1, 0.15) is 0 Å². The van der Waals surface area contributed by atoms with Crippen molar-refractivity contribution in [1.82, 2.24) is 10.2 Å². The number of ether oxygens (including phenoxy) is 1. The molecule has 1 aromatic rings. The molecule has 1 aliphatic rings. The molecule has 2 rings (SSSR count). The van der Waals surface area contributed by atoms with E-state index in [1.165, 1.54) is 7.11 Å². The molecule has 1 amide bonds. The van der Waals surface area contributed by atoms with Crippen LogP contribution in [0, 0.1) is 13.8 Å². The van der Waals surface area contributed by atoms with Gasteiger partial charge in [0.05, 0.1) is 25.5 Å². The van der Waals surface area contributed by atoms with Crippen molar-refractivity contribution in [2.75, 3.05) is 27.2 Å². The van der Waals surface area contributed by atoms with E-state index in [4.69, 9.17) is 4.74 Å². The average Bonchev–Trinajstić information content (AvgIpc) is 2.53. The van der Waals surface area contributed by atoms with E-state index in [2.05, 4.69) is 23.3 Å². The van der Waals surface area contributed by atoms with Crippen molar-refractivity contribution < 1.29 is 14.3 Å². The Kier molecular flexibility index (Phi) is 5.99. The van der Waals surface area contributed by atoms with Crippen molar-refractivity contribution in [3.8, 4) is 0 Å². The molecule has 0 unspecified atom stereocenters. The van der Waals surface area contributed by atoms with Gasteiger partial charge in [0.25, 0.3) is 0 Å². The number of hydrogen-bond acceptors (Lipinski definition) is 4. The van der Waals surface area contributed by atoms with Gasteiger partial charge in [-0.05, 0) is 44.9 Å². The molecule has 1 saturated heterocycles. The number of nitrogens with one attached hydrogen (secondary N) is 1. The molecular weight excluding hydrogens is 304 g/mol. The van der Waals surface area contributed by atoms with E-state index in [-0.39, 0.29) is 18.3 Å². The van der Waals surface area contributed by atoms with Crippen LogP contribution in [0.5, 0.6) is 0 Å². The fourth-order valence-electron chi connectivity index (χ4n) is 3.24. The molecule has 1 aliphatic heterocycles. The Morgan fingerprint density at radius 2 is 1.92 bits per heavy atom. The molecule has 0 spiro atoms. The fraction of sp³-hybridized carbons (Fsp3) is 0.579. The zero-order chi connectivity index (χ0) is 17.7. The molecule has 1 N–H and O–H groups in total. The lowest BCUT2D eigenvalue weighted by Gasteiger charge is -2.40. The summed E-state index contributed by atoms with van der Waals surface area (Å²) in [7, 11) is 3.45. The lowest BCUT2D eigenvalue weighted by Crippen LogP contribution is -2.56. The Morgan fingerprint density at radius 1 is 1.25 bits per heavy atom. The highest BCUT2D eigenvalue weighted by Crippen LogP contribution is 2.26. The van der Waals surface area contributed by atoms with E-state index in [9.17, 15) is 9.59 Å². The van der Waals surface area contributed by atoms with E-state index in [0.29, 0.717) is 6.42 Å². The summed E-state index contributed by atoms with van der Waals surface area (Å²) in [5.74, 6) is -0.302. The molecule has 0 radical (unpaired) electrons. The molecule has 24 heavy (non-hydrogen) atoms. The number of amides is 1. The van der Waals surface area contributed by atoms with Gasteiger partial charge in [-0.3, -0.25) is 9.59 Å². The van der Waals surface area contributed by atoms with E-state index in [1.54, 1.807) is 0 Å². The Morgan fingerprint density at radius 3 is 2.54 bits per heavy atom. The normalized spacial score (nSPS) is 17.3. The lowest BCUT2D eigenvalue weighted by atomic mass is 9.84. The Bertz CT molecular complexity index is 605. The van der Waals surface area contributed by atoms with Crippen LogP contribution in [0.25, 0.3) is 0 Å². The average molecular weight is 332 g/mol. The summed E-state index contributed by atoms with van der Waals surface area (Å²) in [5.41, 5.74) is 2.80. The third kappa shape index (κ3) is 4.81. The van der Waals surface area contributed by atoms with Gasteiger partial charge in [-0.15, -0.1) is 0 Å². The maximum absolute atomic E-state index is 12.6. The predicted molar refractivity (Wildman–Crippen MR) is 93.9 cm³/mol. The first-order valence-electron chi connectivity index (χ1n) is 8.46. The van der Waals surface area contributed by atoms with Gasteiger partial charge in [-0.2, -0.15) is 0 Å². The van der Waals surface area contributed by atoms with Crippen molar-refractivity contribution in [2.45, 2.75) is 45.1 Å². The van der Waals surface area contributed by atoms with E-state index in [1.807, 2.05) is 26.0 Å². The summed E-state index contributed by atoms with van der Waals surface area (Å²) < 4.78 is 4.84. The lowest BCUT2D eigenvalue weighted by molar-refractivity contribution is -0.143. The second-order valence-corrected chi connectivity index (χ2v) is 6.99. The number of carbonyl (C=O) groups is 2. The molecule has 0 atom stereocenters. The monoisotopic (exact) mass is 332 g/mol. The second kappa shape index (κ2) is 7.79. The maximum atomic E-state index is 12.6. The third-order valence-electron chi connectivity index (χ3n) is 4.91. The number of esters is 1. The van der Waals surface area contributed by atoms with Crippen LogP contribution in [0.4, 0.5) is 0 Å². The number of methoxy groups -OCH3 is 1. The zero-order valence-corrected chi connectivity index (χ0v) is 15.1. The summed E-state index contributed by atoms with van der Waals surface area (Å²) >= 11 is 0. The number of aryl methyl sites for hydroxylation is 2. The highest BCUT2D eigenvalue weighted by molar-refractivity contribution is 5.81. The summed E-state index contributed by atoms with van der Waals surface area (Å²) in [5, 5.41) is 3.15. The van der Waals surface area contributed by atoms with Gasteiger partial charge < -0.3 is 15.0 Å². The molecule has 0 aromatic heterocycles. The molecule has 1 aromatic carbocycles. The summed E-state index contributed by atoms with van der Waals surface area (Å²) in [6, 6.07) is 6.14. The molecule has 132 valence electrons. The molecule has 0 bridgehead atoms.